The molecule has 0 unspecified atom stereocenters. The molecule has 0 spiro atoms. The third-order valence-electron chi connectivity index (χ3n) is 7.08. The third kappa shape index (κ3) is 1.75. The van der Waals surface area contributed by atoms with E-state index >= 15 is 0 Å². The van der Waals surface area contributed by atoms with E-state index in [1.807, 2.05) is 0 Å². The summed E-state index contributed by atoms with van der Waals surface area (Å²) in [6, 6.07) is 37.8. The molecule has 8 rings (SSSR count). The smallest absolute Gasteiger partial charge is 0.0626 e. The van der Waals surface area contributed by atoms with Crippen molar-refractivity contribution in [2.45, 2.75) is 0 Å². The predicted octanol–water partition coefficient (Wildman–Crippen LogP) is 8.25. The largest absolute Gasteiger partial charge is 0.308 e. The zero-order chi connectivity index (χ0) is 20.1. The van der Waals surface area contributed by atoms with Gasteiger partial charge >= 0.3 is 0 Å². The normalized spacial score (nSPS) is 12.5. The first-order valence-corrected chi connectivity index (χ1v) is 10.8. The van der Waals surface area contributed by atoms with Crippen molar-refractivity contribution in [1.82, 2.24) is 4.40 Å². The monoisotopic (exact) mass is 391 g/mol. The van der Waals surface area contributed by atoms with Gasteiger partial charge in [-0.05, 0) is 39.4 Å². The van der Waals surface area contributed by atoms with E-state index in [2.05, 4.69) is 108 Å². The highest BCUT2D eigenvalue weighted by Crippen LogP contribution is 2.49. The van der Waals surface area contributed by atoms with Crippen molar-refractivity contribution in [3.63, 3.8) is 0 Å². The Bertz CT molecular complexity index is 1920. The topological polar surface area (TPSA) is 4.41 Å². The molecule has 0 aliphatic rings. The summed E-state index contributed by atoms with van der Waals surface area (Å²) in [7, 11) is 0. The number of benzene rings is 6. The second-order valence-corrected chi connectivity index (χ2v) is 8.53. The van der Waals surface area contributed by atoms with Gasteiger partial charge in [0, 0.05) is 26.9 Å². The number of nitrogens with zero attached hydrogens (tertiary/aromatic N) is 1. The second-order valence-electron chi connectivity index (χ2n) is 8.53. The van der Waals surface area contributed by atoms with Crippen LogP contribution in [0.25, 0.3) is 70.8 Å². The summed E-state index contributed by atoms with van der Waals surface area (Å²) < 4.78 is 2.49. The van der Waals surface area contributed by atoms with Crippen molar-refractivity contribution in [3.8, 4) is 11.1 Å². The Kier molecular flexibility index (Phi) is 2.70. The van der Waals surface area contributed by atoms with E-state index < -0.39 is 0 Å². The number of fused-ring (bicyclic) bond motifs is 7. The van der Waals surface area contributed by atoms with Gasteiger partial charge in [-0.25, -0.2) is 0 Å². The van der Waals surface area contributed by atoms with Crippen molar-refractivity contribution < 1.29 is 0 Å². The Morgan fingerprint density at radius 2 is 1.06 bits per heavy atom. The first-order valence-electron chi connectivity index (χ1n) is 10.8. The van der Waals surface area contributed by atoms with E-state index in [1.165, 1.54) is 70.8 Å². The fourth-order valence-electron chi connectivity index (χ4n) is 5.89. The van der Waals surface area contributed by atoms with Crippen LogP contribution < -0.4 is 0 Å². The Labute approximate surface area is 178 Å². The molecule has 0 saturated heterocycles. The summed E-state index contributed by atoms with van der Waals surface area (Å²) in [4.78, 5) is 0. The summed E-state index contributed by atoms with van der Waals surface area (Å²) in [5.74, 6) is 0. The Hall–Kier alpha value is -4.10. The highest BCUT2D eigenvalue weighted by atomic mass is 14.9. The Morgan fingerprint density at radius 3 is 1.94 bits per heavy atom. The first-order chi connectivity index (χ1) is 15.4. The molecule has 0 bridgehead atoms. The zero-order valence-electron chi connectivity index (χ0n) is 16.8. The van der Waals surface area contributed by atoms with Crippen LogP contribution in [0.3, 0.4) is 0 Å². The number of aromatic nitrogens is 1. The Balaban J connectivity index is 1.77. The predicted molar refractivity (Wildman–Crippen MR) is 133 cm³/mol. The lowest BCUT2D eigenvalue weighted by Gasteiger charge is -2.13. The summed E-state index contributed by atoms with van der Waals surface area (Å²) >= 11 is 0. The van der Waals surface area contributed by atoms with Crippen LogP contribution in [0, 0.1) is 0 Å². The molecule has 0 aliphatic heterocycles. The summed E-state index contributed by atoms with van der Waals surface area (Å²) in [5.41, 5.74) is 6.53. The Morgan fingerprint density at radius 1 is 0.387 bits per heavy atom. The van der Waals surface area contributed by atoms with E-state index in [1.54, 1.807) is 0 Å². The van der Waals surface area contributed by atoms with Gasteiger partial charge in [-0.1, -0.05) is 91.0 Å². The van der Waals surface area contributed by atoms with E-state index in [0.29, 0.717) is 0 Å². The van der Waals surface area contributed by atoms with E-state index in [4.69, 9.17) is 0 Å². The molecular formula is C30H17N. The molecule has 8 aromatic rings. The minimum absolute atomic E-state index is 1.27. The van der Waals surface area contributed by atoms with Gasteiger partial charge in [0.1, 0.15) is 0 Å². The molecule has 0 amide bonds. The molecule has 1 heteroatoms. The number of rotatable bonds is 1. The van der Waals surface area contributed by atoms with Crippen LogP contribution in [0.1, 0.15) is 0 Å². The molecule has 0 fully saturated rings. The fraction of sp³-hybridized carbons (Fsp3) is 0. The molecule has 2 aromatic heterocycles. The highest BCUT2D eigenvalue weighted by Gasteiger charge is 2.23. The SMILES string of the molecule is c1ccc(-c2ccc3c4c2c2ccccc2c2ccc5c6ccccc6n3c5c24)cc1. The maximum atomic E-state index is 2.49. The molecule has 142 valence electrons. The van der Waals surface area contributed by atoms with Gasteiger partial charge in [0.25, 0.3) is 0 Å². The van der Waals surface area contributed by atoms with E-state index in [0.717, 1.165) is 0 Å². The first kappa shape index (κ1) is 15.7. The van der Waals surface area contributed by atoms with Crippen molar-refractivity contribution in [2.24, 2.45) is 0 Å². The fourth-order valence-corrected chi connectivity index (χ4v) is 5.89. The van der Waals surface area contributed by atoms with Crippen LogP contribution in [-0.4, -0.2) is 4.40 Å². The lowest BCUT2D eigenvalue weighted by molar-refractivity contribution is 1.37. The minimum Gasteiger partial charge on any atom is -0.308 e. The van der Waals surface area contributed by atoms with Gasteiger partial charge in [-0.3, -0.25) is 0 Å². The van der Waals surface area contributed by atoms with Gasteiger partial charge in [0.15, 0.2) is 0 Å². The van der Waals surface area contributed by atoms with Crippen molar-refractivity contribution >= 4 is 59.6 Å². The summed E-state index contributed by atoms with van der Waals surface area (Å²) in [6.07, 6.45) is 0. The lowest BCUT2D eigenvalue weighted by Crippen LogP contribution is -1.87. The van der Waals surface area contributed by atoms with Crippen molar-refractivity contribution in [2.75, 3.05) is 0 Å². The molecule has 0 saturated carbocycles. The molecule has 1 nitrogen and oxygen atoms in total. The highest BCUT2D eigenvalue weighted by molar-refractivity contribution is 6.40. The standard InChI is InChI=1S/C30H17N/c1-2-8-18(9-3-1)19-16-17-26-29-27(19)22-12-5-4-10-20(22)23-14-15-24-21-11-6-7-13-25(21)31(26)30(24)28(23)29/h1-17H. The number of hydrogen-bond donors (Lipinski definition) is 0. The van der Waals surface area contributed by atoms with Crippen LogP contribution >= 0.6 is 0 Å². The molecule has 6 aromatic carbocycles. The van der Waals surface area contributed by atoms with Crippen molar-refractivity contribution in [1.29, 1.82) is 0 Å². The average Bonchev–Trinajstić information content (AvgIpc) is 3.36. The molecule has 0 N–H and O–H groups in total. The molecular weight excluding hydrogens is 374 g/mol. The van der Waals surface area contributed by atoms with E-state index in [9.17, 15) is 0 Å². The van der Waals surface area contributed by atoms with Crippen LogP contribution in [0.2, 0.25) is 0 Å². The maximum Gasteiger partial charge on any atom is 0.0626 e. The second kappa shape index (κ2) is 5.33. The summed E-state index contributed by atoms with van der Waals surface area (Å²) in [6.45, 7) is 0. The molecule has 31 heavy (non-hydrogen) atoms. The van der Waals surface area contributed by atoms with Crippen LogP contribution in [-0.2, 0) is 0 Å². The lowest BCUT2D eigenvalue weighted by atomic mass is 9.89. The number of para-hydroxylation sites is 1. The third-order valence-corrected chi connectivity index (χ3v) is 7.08. The van der Waals surface area contributed by atoms with Gasteiger partial charge < -0.3 is 4.40 Å². The van der Waals surface area contributed by atoms with Gasteiger partial charge in [-0.2, -0.15) is 0 Å². The van der Waals surface area contributed by atoms with Crippen LogP contribution in [0.5, 0.6) is 0 Å². The molecule has 0 atom stereocenters. The van der Waals surface area contributed by atoms with Crippen LogP contribution in [0.15, 0.2) is 103 Å². The molecule has 2 heterocycles. The molecule has 0 radical (unpaired) electrons. The number of hydrogen-bond acceptors (Lipinski definition) is 0. The van der Waals surface area contributed by atoms with Gasteiger partial charge in [0.05, 0.1) is 16.6 Å². The molecule has 0 aliphatic carbocycles. The van der Waals surface area contributed by atoms with Gasteiger partial charge in [-0.15, -0.1) is 0 Å². The van der Waals surface area contributed by atoms with E-state index in [-0.39, 0.29) is 0 Å². The van der Waals surface area contributed by atoms with Crippen LogP contribution in [0.4, 0.5) is 0 Å². The average molecular weight is 391 g/mol. The minimum atomic E-state index is 1.27. The van der Waals surface area contributed by atoms with Crippen molar-refractivity contribution in [3.05, 3.63) is 103 Å². The maximum absolute atomic E-state index is 2.49. The zero-order valence-corrected chi connectivity index (χ0v) is 16.8. The van der Waals surface area contributed by atoms with Gasteiger partial charge in [0.2, 0.25) is 0 Å². The summed E-state index contributed by atoms with van der Waals surface area (Å²) in [5, 5.41) is 10.8. The quantitative estimate of drug-likeness (QED) is 0.248.